The monoisotopic (exact) mass is 504 g/mol. The topological polar surface area (TPSA) is 114 Å². The number of benzene rings is 2. The molecule has 2 heterocycles. The molecule has 0 spiro atoms. The Bertz CT molecular complexity index is 1440. The third-order valence-corrected chi connectivity index (χ3v) is 7.14. The molecule has 2 amide bonds. The first kappa shape index (κ1) is 24.8. The van der Waals surface area contributed by atoms with E-state index in [0.29, 0.717) is 40.9 Å². The maximum Gasteiger partial charge on any atom is 0.407 e. The summed E-state index contributed by atoms with van der Waals surface area (Å²) in [5, 5.41) is 13.0. The average molecular weight is 505 g/mol. The second-order valence-electron chi connectivity index (χ2n) is 11.1. The van der Waals surface area contributed by atoms with Gasteiger partial charge in [0, 0.05) is 24.6 Å². The Kier molecular flexibility index (Phi) is 6.17. The summed E-state index contributed by atoms with van der Waals surface area (Å²) in [7, 11) is 0. The fourth-order valence-electron chi connectivity index (χ4n) is 5.15. The molecule has 1 saturated carbocycles. The number of aryl methyl sites for hydroxylation is 1. The van der Waals surface area contributed by atoms with Crippen LogP contribution >= 0.6 is 0 Å². The number of amides is 2. The quantitative estimate of drug-likeness (QED) is 0.540. The van der Waals surface area contributed by atoms with E-state index in [2.05, 4.69) is 10.3 Å². The molecule has 2 aliphatic rings. The molecule has 9 heteroatoms. The van der Waals surface area contributed by atoms with E-state index in [4.69, 9.17) is 4.74 Å². The lowest BCUT2D eigenvalue weighted by Gasteiger charge is -2.36. The van der Waals surface area contributed by atoms with Crippen molar-refractivity contribution in [2.24, 2.45) is 5.41 Å². The Morgan fingerprint density at radius 2 is 1.86 bits per heavy atom. The van der Waals surface area contributed by atoms with Crippen molar-refractivity contribution in [3.63, 3.8) is 0 Å². The maximum atomic E-state index is 13.6. The van der Waals surface area contributed by atoms with Crippen molar-refractivity contribution < 1.29 is 19.4 Å². The van der Waals surface area contributed by atoms with Crippen LogP contribution in [0, 0.1) is 12.3 Å². The molecule has 1 saturated heterocycles. The molecule has 37 heavy (non-hydrogen) atoms. The lowest BCUT2D eigenvalue weighted by molar-refractivity contribution is 0.0572. The first-order valence-electron chi connectivity index (χ1n) is 12.6. The van der Waals surface area contributed by atoms with Crippen LogP contribution in [-0.4, -0.2) is 56.3 Å². The molecule has 2 aromatic carbocycles. The average Bonchev–Trinajstić information content (AvgIpc) is 3.54. The third-order valence-electron chi connectivity index (χ3n) is 7.14. The van der Waals surface area contributed by atoms with Gasteiger partial charge in [0.1, 0.15) is 18.2 Å². The number of nitrogens with zero attached hydrogens (tertiary/aromatic N) is 3. The zero-order chi connectivity index (χ0) is 26.5. The van der Waals surface area contributed by atoms with Crippen molar-refractivity contribution in [3.8, 4) is 11.4 Å². The van der Waals surface area contributed by atoms with Crippen molar-refractivity contribution in [1.82, 2.24) is 19.8 Å². The van der Waals surface area contributed by atoms with Crippen molar-refractivity contribution in [2.75, 3.05) is 6.54 Å². The molecule has 9 nitrogen and oxygen atoms in total. The number of hydrogen-bond acceptors (Lipinski definition) is 5. The minimum atomic E-state index is -0.958. The van der Waals surface area contributed by atoms with Crippen molar-refractivity contribution in [2.45, 2.75) is 65.1 Å². The second kappa shape index (κ2) is 9.21. The molecule has 2 N–H and O–H groups in total. The van der Waals surface area contributed by atoms with Crippen molar-refractivity contribution in [3.05, 3.63) is 64.2 Å². The number of carboxylic acid groups (broad SMARTS) is 1. The fraction of sp³-hybridized carbons (Fsp3) is 0.429. The molecule has 194 valence electrons. The summed E-state index contributed by atoms with van der Waals surface area (Å²) in [4.78, 5) is 43.9. The number of ether oxygens (including phenoxy) is 1. The zero-order valence-corrected chi connectivity index (χ0v) is 21.5. The van der Waals surface area contributed by atoms with E-state index in [9.17, 15) is 19.5 Å². The lowest BCUT2D eigenvalue weighted by Crippen LogP contribution is -2.48. The van der Waals surface area contributed by atoms with Gasteiger partial charge in [0.2, 0.25) is 0 Å². The second-order valence-corrected chi connectivity index (χ2v) is 11.1. The Morgan fingerprint density at radius 1 is 1.11 bits per heavy atom. The third kappa shape index (κ3) is 4.90. The van der Waals surface area contributed by atoms with Crippen LogP contribution in [0.25, 0.3) is 16.6 Å². The molecule has 3 aromatic rings. The first-order valence-corrected chi connectivity index (χ1v) is 12.6. The Labute approximate surface area is 215 Å². The lowest BCUT2D eigenvalue weighted by atomic mass is 9.84. The highest BCUT2D eigenvalue weighted by Crippen LogP contribution is 2.35. The van der Waals surface area contributed by atoms with Gasteiger partial charge in [-0.1, -0.05) is 26.8 Å². The first-order chi connectivity index (χ1) is 17.5. The van der Waals surface area contributed by atoms with Crippen LogP contribution in [0.15, 0.2) is 47.5 Å². The van der Waals surface area contributed by atoms with Crippen LogP contribution in [0.5, 0.6) is 5.75 Å². The molecule has 1 aromatic heterocycles. The number of fused-ring (bicyclic) bond motifs is 1. The normalized spacial score (nSPS) is 19.7. The number of aromatic nitrogens is 2. The Hall–Kier alpha value is -3.88. The number of hydrogen-bond donors (Lipinski definition) is 2. The van der Waals surface area contributed by atoms with Crippen LogP contribution in [0.1, 0.15) is 56.0 Å². The van der Waals surface area contributed by atoms with Gasteiger partial charge in [0.15, 0.2) is 0 Å². The van der Waals surface area contributed by atoms with Gasteiger partial charge in [-0.05, 0) is 61.1 Å². The highest BCUT2D eigenvalue weighted by atomic mass is 16.5. The minimum Gasteiger partial charge on any atom is -0.488 e. The van der Waals surface area contributed by atoms with Crippen LogP contribution in [0.4, 0.5) is 4.79 Å². The van der Waals surface area contributed by atoms with Crippen molar-refractivity contribution >= 4 is 22.9 Å². The molecule has 1 aliphatic carbocycles. The zero-order valence-electron chi connectivity index (χ0n) is 21.5. The van der Waals surface area contributed by atoms with E-state index in [1.807, 2.05) is 33.8 Å². The van der Waals surface area contributed by atoms with Gasteiger partial charge in [0.25, 0.3) is 11.5 Å². The molecule has 1 unspecified atom stereocenters. The summed E-state index contributed by atoms with van der Waals surface area (Å²) in [6, 6.07) is 10.4. The van der Waals surface area contributed by atoms with Gasteiger partial charge >= 0.3 is 6.09 Å². The summed E-state index contributed by atoms with van der Waals surface area (Å²) in [6.45, 7) is 8.28. The van der Waals surface area contributed by atoms with Crippen molar-refractivity contribution in [1.29, 1.82) is 0 Å². The van der Waals surface area contributed by atoms with E-state index in [0.717, 1.165) is 18.4 Å². The van der Waals surface area contributed by atoms with Crippen LogP contribution in [0.2, 0.25) is 0 Å². The highest BCUT2D eigenvalue weighted by molar-refractivity contribution is 5.95. The van der Waals surface area contributed by atoms with Crippen LogP contribution < -0.4 is 15.6 Å². The molecule has 2 atom stereocenters. The fourth-order valence-corrected chi connectivity index (χ4v) is 5.15. The maximum absolute atomic E-state index is 13.6. The summed E-state index contributed by atoms with van der Waals surface area (Å²) < 4.78 is 7.74. The SMILES string of the molecule is Cc1ccc(C(=O)NC2CC2)cc1-n1cnc2ccc(O[C@@H]3CCN(C(=O)O)C3C(C)(C)C)cc2c1=O. The van der Waals surface area contributed by atoms with Gasteiger partial charge < -0.3 is 20.1 Å². The number of nitrogens with one attached hydrogen (secondary N) is 1. The van der Waals surface area contributed by atoms with E-state index >= 15 is 0 Å². The summed E-state index contributed by atoms with van der Waals surface area (Å²) >= 11 is 0. The number of likely N-dealkylation sites (tertiary alicyclic amines) is 1. The van der Waals surface area contributed by atoms with E-state index in [-0.39, 0.29) is 35.1 Å². The van der Waals surface area contributed by atoms with Gasteiger partial charge in [-0.3, -0.25) is 14.2 Å². The smallest absolute Gasteiger partial charge is 0.407 e. The van der Waals surface area contributed by atoms with Crippen LogP contribution in [0.3, 0.4) is 0 Å². The van der Waals surface area contributed by atoms with Gasteiger partial charge in [-0.2, -0.15) is 0 Å². The minimum absolute atomic E-state index is 0.151. The Balaban J connectivity index is 1.48. The predicted molar refractivity (Wildman–Crippen MR) is 140 cm³/mol. The molecule has 2 fully saturated rings. The van der Waals surface area contributed by atoms with Crippen LogP contribution in [-0.2, 0) is 0 Å². The largest absolute Gasteiger partial charge is 0.488 e. The van der Waals surface area contributed by atoms with Gasteiger partial charge in [0.05, 0.1) is 22.6 Å². The van der Waals surface area contributed by atoms with E-state index < -0.39 is 6.09 Å². The predicted octanol–water partition coefficient (Wildman–Crippen LogP) is 4.13. The van der Waals surface area contributed by atoms with Gasteiger partial charge in [-0.25, -0.2) is 9.78 Å². The molecular formula is C28H32N4O5. The van der Waals surface area contributed by atoms with E-state index in [1.54, 1.807) is 30.3 Å². The standard InChI is InChI=1S/C28H32N4O5/c1-16-5-6-17(25(33)30-18-7-8-18)13-22(16)32-15-29-21-10-9-19(14-20(21)26(32)34)37-23-11-12-31(27(35)36)24(23)28(2,3)4/h5-6,9-10,13-15,18,23-24H,7-8,11-12H2,1-4H3,(H,30,33)(H,35,36)/t23-,24?/m1/s1. The number of rotatable bonds is 5. The molecule has 1 aliphatic heterocycles. The molecular weight excluding hydrogens is 472 g/mol. The molecule has 5 rings (SSSR count). The number of carbonyl (C=O) groups is 2. The summed E-state index contributed by atoms with van der Waals surface area (Å²) in [6.07, 6.45) is 2.74. The van der Waals surface area contributed by atoms with E-state index in [1.165, 1.54) is 15.8 Å². The summed E-state index contributed by atoms with van der Waals surface area (Å²) in [5.74, 6) is 0.339. The Morgan fingerprint density at radius 3 is 2.54 bits per heavy atom. The summed E-state index contributed by atoms with van der Waals surface area (Å²) in [5.41, 5.74) is 1.86. The molecule has 0 radical (unpaired) electrons. The number of carbonyl (C=O) groups excluding carboxylic acids is 1. The molecule has 0 bridgehead atoms. The van der Waals surface area contributed by atoms with Gasteiger partial charge in [-0.15, -0.1) is 0 Å². The highest BCUT2D eigenvalue weighted by Gasteiger charge is 2.45.